The number of nitrogens with zero attached hydrogens (tertiary/aromatic N) is 1. The Balaban J connectivity index is 1.88. The molecule has 0 spiro atoms. The molecule has 3 rings (SSSR count). The predicted octanol–water partition coefficient (Wildman–Crippen LogP) is 0.178. The van der Waals surface area contributed by atoms with Crippen LogP contribution in [-0.4, -0.2) is 22.5 Å². The highest BCUT2D eigenvalue weighted by atomic mass is 16.2. The summed E-state index contributed by atoms with van der Waals surface area (Å²) >= 11 is 0. The van der Waals surface area contributed by atoms with Gasteiger partial charge in [0.25, 0.3) is 5.91 Å². The van der Waals surface area contributed by atoms with Gasteiger partial charge in [0.1, 0.15) is 5.70 Å². The zero-order valence-corrected chi connectivity index (χ0v) is 10.4. The Labute approximate surface area is 101 Å². The van der Waals surface area contributed by atoms with E-state index in [1.165, 1.54) is 10.6 Å². The minimum Gasteiger partial charge on any atom is -0.316 e. The zero-order chi connectivity index (χ0) is 12.4. The maximum atomic E-state index is 12.3. The van der Waals surface area contributed by atoms with Gasteiger partial charge in [0, 0.05) is 11.5 Å². The average molecular weight is 234 g/mol. The predicted molar refractivity (Wildman–Crippen MR) is 64.1 cm³/mol. The lowest BCUT2D eigenvalue weighted by Gasteiger charge is -2.31. The van der Waals surface area contributed by atoms with Crippen molar-refractivity contribution in [2.75, 3.05) is 0 Å². The molecule has 3 aliphatic rings. The summed E-state index contributed by atoms with van der Waals surface area (Å²) in [4.78, 5) is 12.3. The van der Waals surface area contributed by atoms with Gasteiger partial charge in [-0.2, -0.15) is 0 Å². The maximum Gasteiger partial charge on any atom is 0.286 e. The number of fused-ring (bicyclic) bond motifs is 3. The molecule has 1 saturated carbocycles. The highest BCUT2D eigenvalue weighted by Crippen LogP contribution is 2.50. The second-order valence-electron chi connectivity index (χ2n) is 5.95. The molecule has 0 aromatic heterocycles. The molecule has 1 aliphatic heterocycles. The van der Waals surface area contributed by atoms with Gasteiger partial charge in [-0.1, -0.05) is 11.6 Å². The number of rotatable bonds is 1. The SMILES string of the molecule is CC(C)(C)N(N)C(=O)C1=C2C=C3CC3C2NN1. The molecule has 0 aromatic carbocycles. The van der Waals surface area contributed by atoms with Crippen molar-refractivity contribution in [3.05, 3.63) is 22.9 Å². The summed E-state index contributed by atoms with van der Waals surface area (Å²) in [5, 5.41) is 1.29. The van der Waals surface area contributed by atoms with Gasteiger partial charge in [0.15, 0.2) is 0 Å². The fraction of sp³-hybridized carbons (Fsp3) is 0.583. The summed E-state index contributed by atoms with van der Waals surface area (Å²) in [5.74, 6) is 6.31. The third-order valence-electron chi connectivity index (χ3n) is 3.65. The lowest BCUT2D eigenvalue weighted by molar-refractivity contribution is -0.132. The molecule has 0 aromatic rings. The largest absolute Gasteiger partial charge is 0.316 e. The smallest absolute Gasteiger partial charge is 0.286 e. The first-order chi connectivity index (χ1) is 7.89. The Morgan fingerprint density at radius 1 is 1.53 bits per heavy atom. The van der Waals surface area contributed by atoms with Gasteiger partial charge in [0.05, 0.1) is 11.6 Å². The van der Waals surface area contributed by atoms with Crippen LogP contribution in [0.15, 0.2) is 22.9 Å². The zero-order valence-electron chi connectivity index (χ0n) is 10.4. The van der Waals surface area contributed by atoms with Crippen LogP contribution >= 0.6 is 0 Å². The minimum atomic E-state index is -0.376. The summed E-state index contributed by atoms with van der Waals surface area (Å²) in [5.41, 5.74) is 8.90. The summed E-state index contributed by atoms with van der Waals surface area (Å²) < 4.78 is 0. The standard InChI is InChI=1S/C12H18N4O/c1-12(2,3)16(13)11(17)10-8-5-6-4-7(6)9(8)14-15-10/h5,7,9,14-15H,4,13H2,1-3H3. The number of carbonyl (C=O) groups is 1. The molecule has 2 atom stereocenters. The monoisotopic (exact) mass is 234 g/mol. The van der Waals surface area contributed by atoms with Crippen molar-refractivity contribution in [2.45, 2.75) is 38.8 Å². The van der Waals surface area contributed by atoms with Gasteiger partial charge >= 0.3 is 0 Å². The minimum absolute atomic E-state index is 0.152. The van der Waals surface area contributed by atoms with Crippen LogP contribution in [0.5, 0.6) is 0 Å². The second kappa shape index (κ2) is 3.11. The van der Waals surface area contributed by atoms with Crippen LogP contribution in [0.1, 0.15) is 27.2 Å². The Kier molecular flexibility index (Phi) is 1.98. The van der Waals surface area contributed by atoms with Crippen LogP contribution in [0, 0.1) is 5.92 Å². The third-order valence-corrected chi connectivity index (χ3v) is 3.65. The maximum absolute atomic E-state index is 12.3. The number of amides is 1. The van der Waals surface area contributed by atoms with Crippen molar-refractivity contribution < 1.29 is 4.79 Å². The molecule has 5 nitrogen and oxygen atoms in total. The second-order valence-corrected chi connectivity index (χ2v) is 5.95. The quantitative estimate of drug-likeness (QED) is 0.344. The fourth-order valence-electron chi connectivity index (χ4n) is 2.43. The Bertz CT molecular complexity index is 458. The van der Waals surface area contributed by atoms with Crippen LogP contribution in [0.4, 0.5) is 0 Å². The molecular formula is C12H18N4O. The van der Waals surface area contributed by atoms with Gasteiger partial charge in [-0.15, -0.1) is 0 Å². The lowest BCUT2D eigenvalue weighted by atomic mass is 10.0. The highest BCUT2D eigenvalue weighted by molar-refractivity contribution is 5.95. The molecule has 1 fully saturated rings. The van der Waals surface area contributed by atoms with Crippen LogP contribution in [0.2, 0.25) is 0 Å². The van der Waals surface area contributed by atoms with E-state index >= 15 is 0 Å². The third kappa shape index (κ3) is 1.50. The number of hydrogen-bond donors (Lipinski definition) is 3. The molecule has 1 amide bonds. The Morgan fingerprint density at radius 3 is 2.88 bits per heavy atom. The van der Waals surface area contributed by atoms with Crippen LogP contribution < -0.4 is 16.7 Å². The molecule has 92 valence electrons. The average Bonchev–Trinajstić information content (AvgIpc) is 2.72. The summed E-state index contributed by atoms with van der Waals surface area (Å²) in [6.07, 6.45) is 3.29. The van der Waals surface area contributed by atoms with Gasteiger partial charge in [-0.25, -0.2) is 11.3 Å². The summed E-state index contributed by atoms with van der Waals surface area (Å²) in [6, 6.07) is 0.275. The van der Waals surface area contributed by atoms with E-state index in [1.807, 2.05) is 20.8 Å². The van der Waals surface area contributed by atoms with Crippen molar-refractivity contribution in [2.24, 2.45) is 11.8 Å². The van der Waals surface area contributed by atoms with Crippen LogP contribution in [0.25, 0.3) is 0 Å². The summed E-state index contributed by atoms with van der Waals surface area (Å²) in [7, 11) is 0. The number of carbonyl (C=O) groups excluding carboxylic acids is 1. The van der Waals surface area contributed by atoms with Crippen molar-refractivity contribution in [1.82, 2.24) is 15.9 Å². The van der Waals surface area contributed by atoms with E-state index in [9.17, 15) is 4.79 Å². The van der Waals surface area contributed by atoms with Gasteiger partial charge in [0.2, 0.25) is 0 Å². The van der Waals surface area contributed by atoms with E-state index in [0.29, 0.717) is 11.6 Å². The number of nitrogens with one attached hydrogen (secondary N) is 2. The van der Waals surface area contributed by atoms with Crippen molar-refractivity contribution in [1.29, 1.82) is 0 Å². The molecule has 0 radical (unpaired) electrons. The molecule has 1 heterocycles. The Morgan fingerprint density at radius 2 is 2.24 bits per heavy atom. The van der Waals surface area contributed by atoms with Crippen molar-refractivity contribution >= 4 is 5.91 Å². The first kappa shape index (κ1) is 10.8. The Hall–Kier alpha value is -1.33. The van der Waals surface area contributed by atoms with E-state index in [1.54, 1.807) is 0 Å². The first-order valence-corrected chi connectivity index (χ1v) is 5.95. The van der Waals surface area contributed by atoms with E-state index in [2.05, 4.69) is 16.9 Å². The molecule has 0 bridgehead atoms. The van der Waals surface area contributed by atoms with E-state index in [4.69, 9.17) is 5.84 Å². The molecule has 0 saturated heterocycles. The fourth-order valence-corrected chi connectivity index (χ4v) is 2.43. The number of nitrogens with two attached hydrogens (primary N) is 1. The molecular weight excluding hydrogens is 216 g/mol. The molecule has 2 unspecified atom stereocenters. The molecule has 2 aliphatic carbocycles. The van der Waals surface area contributed by atoms with Crippen LogP contribution in [-0.2, 0) is 4.79 Å². The van der Waals surface area contributed by atoms with Crippen LogP contribution in [0.3, 0.4) is 0 Å². The van der Waals surface area contributed by atoms with E-state index in [0.717, 1.165) is 12.0 Å². The van der Waals surface area contributed by atoms with E-state index in [-0.39, 0.29) is 17.5 Å². The number of hydrogen-bond acceptors (Lipinski definition) is 4. The number of hydrazine groups is 2. The first-order valence-electron chi connectivity index (χ1n) is 5.95. The topological polar surface area (TPSA) is 70.4 Å². The van der Waals surface area contributed by atoms with Crippen molar-refractivity contribution in [3.63, 3.8) is 0 Å². The van der Waals surface area contributed by atoms with E-state index < -0.39 is 0 Å². The molecule has 17 heavy (non-hydrogen) atoms. The van der Waals surface area contributed by atoms with Gasteiger partial charge in [-0.05, 0) is 27.2 Å². The molecule has 4 N–H and O–H groups in total. The summed E-state index contributed by atoms with van der Waals surface area (Å²) in [6.45, 7) is 5.75. The molecule has 5 heteroatoms. The van der Waals surface area contributed by atoms with Gasteiger partial charge in [-0.3, -0.25) is 9.80 Å². The lowest BCUT2D eigenvalue weighted by Crippen LogP contribution is -2.52. The highest BCUT2D eigenvalue weighted by Gasteiger charge is 2.48. The van der Waals surface area contributed by atoms with Crippen molar-refractivity contribution in [3.8, 4) is 0 Å². The van der Waals surface area contributed by atoms with Gasteiger partial charge < -0.3 is 5.43 Å². The normalized spacial score (nSPS) is 29.5.